The van der Waals surface area contributed by atoms with Crippen LogP contribution in [0, 0.1) is 5.92 Å². The van der Waals surface area contributed by atoms with E-state index in [2.05, 4.69) is 10.6 Å². The molecule has 1 aliphatic rings. The highest BCUT2D eigenvalue weighted by atomic mass is 16.1. The Bertz CT molecular complexity index is 482. The average Bonchev–Trinajstić information content (AvgIpc) is 2.46. The lowest BCUT2D eigenvalue weighted by atomic mass is 9.94. The van der Waals surface area contributed by atoms with Gasteiger partial charge >= 0.3 is 0 Å². The van der Waals surface area contributed by atoms with Crippen LogP contribution in [0.5, 0.6) is 0 Å². The van der Waals surface area contributed by atoms with Gasteiger partial charge in [0, 0.05) is 18.5 Å². The first-order valence-corrected chi connectivity index (χ1v) is 7.01. The van der Waals surface area contributed by atoms with Crippen molar-refractivity contribution in [2.75, 3.05) is 13.1 Å². The predicted octanol–water partition coefficient (Wildman–Crippen LogP) is 0.791. The number of amides is 2. The Hall–Kier alpha value is -1.88. The fourth-order valence-electron chi connectivity index (χ4n) is 2.46. The summed E-state index contributed by atoms with van der Waals surface area (Å²) in [5.74, 6) is 0.0995. The zero-order chi connectivity index (χ0) is 14.4. The van der Waals surface area contributed by atoms with Crippen LogP contribution in [-0.2, 0) is 11.3 Å². The lowest BCUT2D eigenvalue weighted by Crippen LogP contribution is -2.32. The SMILES string of the molecule is NC(=O)c1cccc(CNC(=O)CC2CCNCC2)c1. The van der Waals surface area contributed by atoms with Gasteiger partial charge in [-0.15, -0.1) is 0 Å². The summed E-state index contributed by atoms with van der Waals surface area (Å²) in [5.41, 5.74) is 6.59. The molecule has 5 nitrogen and oxygen atoms in total. The maximum Gasteiger partial charge on any atom is 0.248 e. The molecular weight excluding hydrogens is 254 g/mol. The van der Waals surface area contributed by atoms with Crippen molar-refractivity contribution < 1.29 is 9.59 Å². The lowest BCUT2D eigenvalue weighted by Gasteiger charge is -2.21. The van der Waals surface area contributed by atoms with Gasteiger partial charge in [-0.1, -0.05) is 12.1 Å². The van der Waals surface area contributed by atoms with Crippen molar-refractivity contribution in [1.29, 1.82) is 0 Å². The Morgan fingerprint density at radius 1 is 1.30 bits per heavy atom. The molecule has 1 aromatic carbocycles. The molecule has 20 heavy (non-hydrogen) atoms. The van der Waals surface area contributed by atoms with Gasteiger partial charge in [-0.05, 0) is 49.5 Å². The topological polar surface area (TPSA) is 84.2 Å². The molecule has 1 aliphatic heterocycles. The number of carbonyl (C=O) groups excluding carboxylic acids is 2. The molecule has 0 aromatic heterocycles. The third-order valence-corrected chi connectivity index (χ3v) is 3.63. The van der Waals surface area contributed by atoms with Gasteiger partial charge in [-0.25, -0.2) is 0 Å². The van der Waals surface area contributed by atoms with Crippen molar-refractivity contribution in [3.8, 4) is 0 Å². The van der Waals surface area contributed by atoms with Gasteiger partial charge in [0.05, 0.1) is 0 Å². The zero-order valence-corrected chi connectivity index (χ0v) is 11.5. The van der Waals surface area contributed by atoms with E-state index in [1.807, 2.05) is 6.07 Å². The number of carbonyl (C=O) groups is 2. The van der Waals surface area contributed by atoms with Gasteiger partial charge in [-0.3, -0.25) is 9.59 Å². The first-order valence-electron chi connectivity index (χ1n) is 7.01. The molecule has 4 N–H and O–H groups in total. The first kappa shape index (κ1) is 14.5. The van der Waals surface area contributed by atoms with Crippen LogP contribution >= 0.6 is 0 Å². The van der Waals surface area contributed by atoms with E-state index in [1.165, 1.54) is 0 Å². The Morgan fingerprint density at radius 3 is 2.75 bits per heavy atom. The quantitative estimate of drug-likeness (QED) is 0.743. The fraction of sp³-hybridized carbons (Fsp3) is 0.467. The molecule has 1 saturated heterocycles. The highest BCUT2D eigenvalue weighted by Crippen LogP contribution is 2.15. The molecule has 1 heterocycles. The van der Waals surface area contributed by atoms with Gasteiger partial charge in [0.15, 0.2) is 0 Å². The summed E-state index contributed by atoms with van der Waals surface area (Å²) in [6, 6.07) is 7.03. The fourth-order valence-corrected chi connectivity index (χ4v) is 2.46. The minimum atomic E-state index is -0.451. The van der Waals surface area contributed by atoms with E-state index in [9.17, 15) is 9.59 Å². The second kappa shape index (κ2) is 7.05. The second-order valence-electron chi connectivity index (χ2n) is 5.24. The van der Waals surface area contributed by atoms with E-state index in [4.69, 9.17) is 5.73 Å². The number of hydrogen-bond acceptors (Lipinski definition) is 3. The molecule has 5 heteroatoms. The smallest absolute Gasteiger partial charge is 0.248 e. The summed E-state index contributed by atoms with van der Waals surface area (Å²) in [6.07, 6.45) is 2.70. The normalized spacial score (nSPS) is 15.8. The Labute approximate surface area is 118 Å². The van der Waals surface area contributed by atoms with Crippen molar-refractivity contribution in [3.05, 3.63) is 35.4 Å². The zero-order valence-electron chi connectivity index (χ0n) is 11.5. The molecule has 108 valence electrons. The van der Waals surface area contributed by atoms with E-state index < -0.39 is 5.91 Å². The maximum atomic E-state index is 11.9. The van der Waals surface area contributed by atoms with Crippen molar-refractivity contribution in [3.63, 3.8) is 0 Å². The molecule has 0 aliphatic carbocycles. The third-order valence-electron chi connectivity index (χ3n) is 3.63. The molecule has 2 rings (SSSR count). The molecule has 2 amide bonds. The van der Waals surface area contributed by atoms with Crippen molar-refractivity contribution in [2.45, 2.75) is 25.8 Å². The molecule has 0 spiro atoms. The first-order chi connectivity index (χ1) is 9.65. The Balaban J connectivity index is 1.80. The van der Waals surface area contributed by atoms with E-state index in [0.29, 0.717) is 24.4 Å². The molecule has 1 aromatic rings. The number of benzene rings is 1. The van der Waals surface area contributed by atoms with Crippen LogP contribution in [0.1, 0.15) is 35.2 Å². The summed E-state index contributed by atoms with van der Waals surface area (Å²) in [7, 11) is 0. The standard InChI is InChI=1S/C15H21N3O2/c16-15(20)13-3-1-2-12(8-13)10-18-14(19)9-11-4-6-17-7-5-11/h1-3,8,11,17H,4-7,9-10H2,(H2,16,20)(H,18,19). The number of nitrogens with one attached hydrogen (secondary N) is 2. The van der Waals surface area contributed by atoms with Crippen LogP contribution < -0.4 is 16.4 Å². The molecular formula is C15H21N3O2. The molecule has 0 radical (unpaired) electrons. The van der Waals surface area contributed by atoms with Crippen LogP contribution in [-0.4, -0.2) is 24.9 Å². The van der Waals surface area contributed by atoms with Gasteiger partial charge in [-0.2, -0.15) is 0 Å². The summed E-state index contributed by atoms with van der Waals surface area (Å²) in [5, 5.41) is 6.19. The van der Waals surface area contributed by atoms with Gasteiger partial charge in [0.2, 0.25) is 11.8 Å². The maximum absolute atomic E-state index is 11.9. The minimum Gasteiger partial charge on any atom is -0.366 e. The monoisotopic (exact) mass is 275 g/mol. The Morgan fingerprint density at radius 2 is 2.05 bits per heavy atom. The molecule has 0 bridgehead atoms. The number of rotatable bonds is 5. The van der Waals surface area contributed by atoms with Crippen LogP contribution in [0.3, 0.4) is 0 Å². The Kier molecular flexibility index (Phi) is 5.12. The van der Waals surface area contributed by atoms with Gasteiger partial charge in [0.1, 0.15) is 0 Å². The van der Waals surface area contributed by atoms with Crippen molar-refractivity contribution >= 4 is 11.8 Å². The summed E-state index contributed by atoms with van der Waals surface area (Å²) >= 11 is 0. The second-order valence-corrected chi connectivity index (χ2v) is 5.24. The number of piperidine rings is 1. The molecule has 0 saturated carbocycles. The van der Waals surface area contributed by atoms with Crippen LogP contribution in [0.2, 0.25) is 0 Å². The number of nitrogens with two attached hydrogens (primary N) is 1. The lowest BCUT2D eigenvalue weighted by molar-refractivity contribution is -0.122. The summed E-state index contributed by atoms with van der Waals surface area (Å²) in [6.45, 7) is 2.43. The van der Waals surface area contributed by atoms with Crippen molar-refractivity contribution in [1.82, 2.24) is 10.6 Å². The summed E-state index contributed by atoms with van der Waals surface area (Å²) < 4.78 is 0. The largest absolute Gasteiger partial charge is 0.366 e. The minimum absolute atomic E-state index is 0.0707. The van der Waals surface area contributed by atoms with E-state index >= 15 is 0 Å². The average molecular weight is 275 g/mol. The van der Waals surface area contributed by atoms with E-state index in [1.54, 1.807) is 18.2 Å². The van der Waals surface area contributed by atoms with E-state index in [-0.39, 0.29) is 5.91 Å². The third kappa shape index (κ3) is 4.35. The van der Waals surface area contributed by atoms with Gasteiger partial charge < -0.3 is 16.4 Å². The highest BCUT2D eigenvalue weighted by Gasteiger charge is 2.16. The van der Waals surface area contributed by atoms with E-state index in [0.717, 1.165) is 31.5 Å². The highest BCUT2D eigenvalue weighted by molar-refractivity contribution is 5.92. The predicted molar refractivity (Wildman–Crippen MR) is 77.0 cm³/mol. The van der Waals surface area contributed by atoms with Crippen molar-refractivity contribution in [2.24, 2.45) is 11.7 Å². The number of hydrogen-bond donors (Lipinski definition) is 3. The number of primary amides is 1. The summed E-state index contributed by atoms with van der Waals surface area (Å²) in [4.78, 5) is 23.0. The van der Waals surface area contributed by atoms with Crippen LogP contribution in [0.25, 0.3) is 0 Å². The van der Waals surface area contributed by atoms with Crippen LogP contribution in [0.15, 0.2) is 24.3 Å². The van der Waals surface area contributed by atoms with Gasteiger partial charge in [0.25, 0.3) is 0 Å². The molecule has 1 fully saturated rings. The van der Waals surface area contributed by atoms with Crippen LogP contribution in [0.4, 0.5) is 0 Å². The molecule has 0 unspecified atom stereocenters. The molecule has 0 atom stereocenters.